The van der Waals surface area contributed by atoms with E-state index in [9.17, 15) is 4.79 Å². The average Bonchev–Trinajstić information content (AvgIpc) is 2.34. The van der Waals surface area contributed by atoms with Gasteiger partial charge in [-0.15, -0.1) is 0 Å². The molecule has 0 fully saturated rings. The summed E-state index contributed by atoms with van der Waals surface area (Å²) in [6.07, 6.45) is 9.36. The Kier molecular flexibility index (Phi) is 4.48. The van der Waals surface area contributed by atoms with E-state index in [0.717, 1.165) is 18.6 Å². The number of fused-ring (bicyclic) bond motifs is 1. The van der Waals surface area contributed by atoms with Crippen LogP contribution >= 0.6 is 22.6 Å². The number of rotatable bonds is 4. The number of halogens is 1. The summed E-state index contributed by atoms with van der Waals surface area (Å²) in [4.78, 5) is 11.6. The fourth-order valence-electron chi connectivity index (χ4n) is 2.23. The zero-order valence-corrected chi connectivity index (χ0v) is 12.7. The maximum absolute atomic E-state index is 11.6. The summed E-state index contributed by atoms with van der Waals surface area (Å²) in [6, 6.07) is 0. The molecule has 0 saturated carbocycles. The van der Waals surface area contributed by atoms with Gasteiger partial charge in [-0.25, -0.2) is 4.79 Å². The molecule has 3 nitrogen and oxygen atoms in total. The summed E-state index contributed by atoms with van der Waals surface area (Å²) in [5, 5.41) is 0. The molecule has 0 aromatic heterocycles. The van der Waals surface area contributed by atoms with Crippen LogP contribution in [0.15, 0.2) is 35.6 Å². The van der Waals surface area contributed by atoms with Crippen LogP contribution < -0.4 is 0 Å². The van der Waals surface area contributed by atoms with Gasteiger partial charge < -0.3 is 9.47 Å². The molecule has 0 bridgehead atoms. The molecule has 0 saturated heterocycles. The second-order valence-corrected chi connectivity index (χ2v) is 6.72. The van der Waals surface area contributed by atoms with Crippen LogP contribution in [0, 0.1) is 5.92 Å². The van der Waals surface area contributed by atoms with Crippen LogP contribution in [-0.4, -0.2) is 23.1 Å². The smallest absolute Gasteiger partial charge is 0.331 e. The largest absolute Gasteiger partial charge is 0.497 e. The Morgan fingerprint density at radius 2 is 2.33 bits per heavy atom. The third-order valence-corrected chi connectivity index (χ3v) is 3.82. The maximum atomic E-state index is 11.6. The van der Waals surface area contributed by atoms with Crippen molar-refractivity contribution in [3.8, 4) is 0 Å². The first-order valence-electron chi connectivity index (χ1n) is 6.09. The summed E-state index contributed by atoms with van der Waals surface area (Å²) >= 11 is 2.41. The second kappa shape index (κ2) is 5.91. The third kappa shape index (κ3) is 3.16. The number of hydrogen-bond acceptors (Lipinski definition) is 3. The number of carbonyl (C=O) groups excluding carboxylic acids is 1. The number of esters is 1. The van der Waals surface area contributed by atoms with Gasteiger partial charge in [0, 0.05) is 15.9 Å². The van der Waals surface area contributed by atoms with Crippen LogP contribution in [-0.2, 0) is 14.3 Å². The molecule has 2 rings (SSSR count). The zero-order valence-electron chi connectivity index (χ0n) is 10.6. The van der Waals surface area contributed by atoms with Gasteiger partial charge in [0.05, 0.1) is 7.11 Å². The van der Waals surface area contributed by atoms with E-state index in [4.69, 9.17) is 9.47 Å². The van der Waals surface area contributed by atoms with Gasteiger partial charge in [0.25, 0.3) is 0 Å². The lowest BCUT2D eigenvalue weighted by Gasteiger charge is -2.31. The lowest BCUT2D eigenvalue weighted by Crippen LogP contribution is -2.31. The summed E-state index contributed by atoms with van der Waals surface area (Å²) < 4.78 is 11.1. The van der Waals surface area contributed by atoms with Crippen molar-refractivity contribution in [1.29, 1.82) is 0 Å². The van der Waals surface area contributed by atoms with E-state index in [0.29, 0.717) is 3.92 Å². The molecule has 0 N–H and O–H groups in total. The summed E-state index contributed by atoms with van der Waals surface area (Å²) in [5.74, 6) is 0.693. The first-order chi connectivity index (χ1) is 8.60. The Balaban J connectivity index is 2.14. The zero-order chi connectivity index (χ0) is 13.1. The van der Waals surface area contributed by atoms with Crippen molar-refractivity contribution in [3.63, 3.8) is 0 Å². The van der Waals surface area contributed by atoms with E-state index in [-0.39, 0.29) is 18.0 Å². The van der Waals surface area contributed by atoms with Gasteiger partial charge in [-0.05, 0) is 25.0 Å². The van der Waals surface area contributed by atoms with Crippen molar-refractivity contribution < 1.29 is 14.3 Å². The average molecular weight is 360 g/mol. The van der Waals surface area contributed by atoms with Crippen molar-refractivity contribution in [3.05, 3.63) is 35.6 Å². The van der Waals surface area contributed by atoms with Crippen molar-refractivity contribution in [2.24, 2.45) is 5.92 Å². The Bertz CT molecular complexity index is 421. The number of alkyl halides is 1. The van der Waals surface area contributed by atoms with Crippen LogP contribution in [0.2, 0.25) is 0 Å². The lowest BCUT2D eigenvalue weighted by molar-refractivity contribution is -0.143. The van der Waals surface area contributed by atoms with Gasteiger partial charge in [-0.3, -0.25) is 0 Å². The number of methoxy groups -OCH3 is 1. The first kappa shape index (κ1) is 13.6. The van der Waals surface area contributed by atoms with E-state index < -0.39 is 0 Å². The highest BCUT2D eigenvalue weighted by Crippen LogP contribution is 2.33. The Morgan fingerprint density at radius 1 is 1.56 bits per heavy atom. The summed E-state index contributed by atoms with van der Waals surface area (Å²) in [7, 11) is 1.62. The molecule has 98 valence electrons. The predicted molar refractivity (Wildman–Crippen MR) is 78.4 cm³/mol. The molecule has 3 unspecified atom stereocenters. The van der Waals surface area contributed by atoms with Crippen molar-refractivity contribution in [2.75, 3.05) is 7.11 Å². The monoisotopic (exact) mass is 360 g/mol. The Labute approximate surface area is 121 Å². The molecular formula is C14H17IO3. The molecule has 1 aliphatic carbocycles. The minimum atomic E-state index is -0.241. The standard InChI is InChI=1S/C14H17IO3/c1-9(15)3-4-10-7-14(16)18-13-8-11(17-2)5-6-12(10)13/h5-9,12-13H,3-4H2,1-2H3. The van der Waals surface area contributed by atoms with Crippen molar-refractivity contribution >= 4 is 28.6 Å². The molecule has 1 aliphatic heterocycles. The SMILES string of the molecule is COC1=CC2OC(=O)C=C(CCC(C)I)C2C=C1. The van der Waals surface area contributed by atoms with Crippen LogP contribution in [0.3, 0.4) is 0 Å². The molecule has 1 heterocycles. The fraction of sp³-hybridized carbons (Fsp3) is 0.500. The Morgan fingerprint density at radius 3 is 3.00 bits per heavy atom. The fourth-order valence-corrected chi connectivity index (χ4v) is 2.54. The normalized spacial score (nSPS) is 27.8. The van der Waals surface area contributed by atoms with E-state index in [2.05, 4.69) is 35.6 Å². The molecular weight excluding hydrogens is 343 g/mol. The van der Waals surface area contributed by atoms with Gasteiger partial charge in [0.1, 0.15) is 11.9 Å². The van der Waals surface area contributed by atoms with E-state index >= 15 is 0 Å². The van der Waals surface area contributed by atoms with Crippen LogP contribution in [0.25, 0.3) is 0 Å². The Hall–Kier alpha value is -0.780. The summed E-state index contributed by atoms with van der Waals surface area (Å²) in [6.45, 7) is 2.18. The molecule has 0 amide bonds. The molecule has 0 spiro atoms. The molecule has 18 heavy (non-hydrogen) atoms. The molecule has 2 aliphatic rings. The van der Waals surface area contributed by atoms with Crippen LogP contribution in [0.1, 0.15) is 19.8 Å². The minimum Gasteiger partial charge on any atom is -0.497 e. The van der Waals surface area contributed by atoms with Gasteiger partial charge in [-0.1, -0.05) is 41.2 Å². The van der Waals surface area contributed by atoms with Gasteiger partial charge in [0.15, 0.2) is 0 Å². The van der Waals surface area contributed by atoms with Crippen LogP contribution in [0.5, 0.6) is 0 Å². The number of carbonyl (C=O) groups is 1. The molecule has 3 atom stereocenters. The molecule has 0 radical (unpaired) electrons. The van der Waals surface area contributed by atoms with Gasteiger partial charge in [-0.2, -0.15) is 0 Å². The third-order valence-electron chi connectivity index (χ3n) is 3.20. The molecule has 0 aromatic rings. The topological polar surface area (TPSA) is 35.5 Å². The maximum Gasteiger partial charge on any atom is 0.331 e. The van der Waals surface area contributed by atoms with Crippen molar-refractivity contribution in [1.82, 2.24) is 0 Å². The van der Waals surface area contributed by atoms with Crippen molar-refractivity contribution in [2.45, 2.75) is 29.8 Å². The quantitative estimate of drug-likeness (QED) is 0.439. The predicted octanol–water partition coefficient (Wildman–Crippen LogP) is 3.16. The number of allylic oxidation sites excluding steroid dienone is 1. The first-order valence-corrected chi connectivity index (χ1v) is 7.34. The number of hydrogen-bond donors (Lipinski definition) is 0. The molecule has 4 heteroatoms. The summed E-state index contributed by atoms with van der Waals surface area (Å²) in [5.41, 5.74) is 1.17. The van der Waals surface area contributed by atoms with Crippen LogP contribution in [0.4, 0.5) is 0 Å². The van der Waals surface area contributed by atoms with Gasteiger partial charge in [0.2, 0.25) is 0 Å². The second-order valence-electron chi connectivity index (χ2n) is 4.60. The minimum absolute atomic E-state index is 0.178. The number of ether oxygens (including phenoxy) is 2. The molecule has 0 aromatic carbocycles. The highest BCUT2D eigenvalue weighted by molar-refractivity contribution is 14.1. The highest BCUT2D eigenvalue weighted by Gasteiger charge is 2.31. The lowest BCUT2D eigenvalue weighted by atomic mass is 9.85. The van der Waals surface area contributed by atoms with E-state index in [1.54, 1.807) is 13.2 Å². The van der Waals surface area contributed by atoms with Gasteiger partial charge >= 0.3 is 5.97 Å². The van der Waals surface area contributed by atoms with E-state index in [1.165, 1.54) is 5.57 Å². The highest BCUT2D eigenvalue weighted by atomic mass is 127. The van der Waals surface area contributed by atoms with E-state index in [1.807, 2.05) is 12.2 Å².